The maximum Gasteiger partial charge on any atom is 0.331 e. The molecule has 6 nitrogen and oxygen atoms in total. The summed E-state index contributed by atoms with van der Waals surface area (Å²) in [5.74, 6) is -1.00. The number of carbonyl (C=O) groups is 3. The molecule has 102 valence electrons. The highest BCUT2D eigenvalue weighted by Crippen LogP contribution is 2.55. The van der Waals surface area contributed by atoms with Crippen LogP contribution in [0.3, 0.4) is 0 Å². The Morgan fingerprint density at radius 1 is 1.26 bits per heavy atom. The van der Waals surface area contributed by atoms with Gasteiger partial charge in [-0.05, 0) is 12.8 Å². The third-order valence-electron chi connectivity index (χ3n) is 4.22. The second kappa shape index (κ2) is 4.36. The van der Waals surface area contributed by atoms with Gasteiger partial charge in [-0.1, -0.05) is 0 Å². The van der Waals surface area contributed by atoms with Crippen molar-refractivity contribution >= 4 is 17.9 Å². The maximum atomic E-state index is 11.6. The topological polar surface area (TPSA) is 78.9 Å². The van der Waals surface area contributed by atoms with Crippen LogP contribution in [0.15, 0.2) is 12.2 Å². The molecular formula is C13H14O6. The van der Waals surface area contributed by atoms with Crippen LogP contribution in [-0.2, 0) is 28.6 Å². The molecule has 3 fully saturated rings. The van der Waals surface area contributed by atoms with E-state index < -0.39 is 11.9 Å². The van der Waals surface area contributed by atoms with Crippen molar-refractivity contribution in [1.82, 2.24) is 0 Å². The number of hydrogen-bond acceptors (Lipinski definition) is 6. The molecule has 6 heteroatoms. The Morgan fingerprint density at radius 2 is 2.00 bits per heavy atom. The molecule has 0 N–H and O–H groups in total. The smallest absolute Gasteiger partial charge is 0.331 e. The van der Waals surface area contributed by atoms with E-state index in [0.717, 1.165) is 25.0 Å². The zero-order chi connectivity index (χ0) is 13.6. The van der Waals surface area contributed by atoms with E-state index in [1.54, 1.807) is 0 Å². The highest BCUT2D eigenvalue weighted by Gasteiger charge is 2.63. The SMILES string of the molecule is COC(=O)/C=C\C(=O)OC1C2CC3C(=O)OC1C3C2. The van der Waals surface area contributed by atoms with Crippen LogP contribution in [0, 0.1) is 17.8 Å². The molecule has 0 aromatic heterocycles. The Hall–Kier alpha value is -1.85. The molecule has 2 saturated carbocycles. The van der Waals surface area contributed by atoms with Crippen LogP contribution in [0.25, 0.3) is 0 Å². The number of fused-ring (bicyclic) bond motifs is 1. The predicted molar refractivity (Wildman–Crippen MR) is 60.6 cm³/mol. The van der Waals surface area contributed by atoms with Gasteiger partial charge in [0.05, 0.1) is 13.0 Å². The summed E-state index contributed by atoms with van der Waals surface area (Å²) in [4.78, 5) is 34.0. The molecule has 1 saturated heterocycles. The summed E-state index contributed by atoms with van der Waals surface area (Å²) in [6.07, 6.45) is 2.98. The highest BCUT2D eigenvalue weighted by molar-refractivity contribution is 5.91. The van der Waals surface area contributed by atoms with Gasteiger partial charge in [-0.2, -0.15) is 0 Å². The largest absolute Gasteiger partial charge is 0.466 e. The van der Waals surface area contributed by atoms with E-state index in [9.17, 15) is 14.4 Å². The number of rotatable bonds is 3. The van der Waals surface area contributed by atoms with Gasteiger partial charge in [-0.15, -0.1) is 0 Å². The number of ether oxygens (including phenoxy) is 3. The fourth-order valence-electron chi connectivity index (χ4n) is 3.44. The molecular weight excluding hydrogens is 252 g/mol. The minimum atomic E-state index is -0.614. The Labute approximate surface area is 109 Å². The molecule has 0 amide bonds. The Morgan fingerprint density at radius 3 is 2.74 bits per heavy atom. The number of esters is 3. The lowest BCUT2D eigenvalue weighted by atomic mass is 9.88. The normalized spacial score (nSPS) is 38.6. The van der Waals surface area contributed by atoms with Crippen molar-refractivity contribution in [2.75, 3.05) is 7.11 Å². The van der Waals surface area contributed by atoms with Gasteiger partial charge in [0.25, 0.3) is 0 Å². The molecule has 1 aliphatic heterocycles. The molecule has 2 bridgehead atoms. The van der Waals surface area contributed by atoms with Crippen LogP contribution >= 0.6 is 0 Å². The molecule has 5 atom stereocenters. The second-order valence-corrected chi connectivity index (χ2v) is 5.16. The first-order chi connectivity index (χ1) is 9.10. The fraction of sp³-hybridized carbons (Fsp3) is 0.615. The molecule has 5 unspecified atom stereocenters. The van der Waals surface area contributed by atoms with Gasteiger partial charge in [-0.3, -0.25) is 4.79 Å². The van der Waals surface area contributed by atoms with Gasteiger partial charge in [0.15, 0.2) is 0 Å². The van der Waals surface area contributed by atoms with E-state index >= 15 is 0 Å². The van der Waals surface area contributed by atoms with Crippen LogP contribution in [0.4, 0.5) is 0 Å². The minimum absolute atomic E-state index is 0.00411. The first-order valence-electron chi connectivity index (χ1n) is 6.27. The number of hydrogen-bond donors (Lipinski definition) is 0. The number of carbonyl (C=O) groups excluding carboxylic acids is 3. The average molecular weight is 266 g/mol. The van der Waals surface area contributed by atoms with Crippen molar-refractivity contribution in [2.24, 2.45) is 17.8 Å². The van der Waals surface area contributed by atoms with Crippen molar-refractivity contribution in [1.29, 1.82) is 0 Å². The Kier molecular flexibility index (Phi) is 2.80. The molecule has 2 aliphatic carbocycles. The maximum absolute atomic E-state index is 11.6. The highest BCUT2D eigenvalue weighted by atomic mass is 16.6. The van der Waals surface area contributed by atoms with Gasteiger partial charge in [-0.25, -0.2) is 9.59 Å². The Bertz CT molecular complexity index is 468. The van der Waals surface area contributed by atoms with Gasteiger partial charge < -0.3 is 14.2 Å². The first-order valence-corrected chi connectivity index (χ1v) is 6.27. The van der Waals surface area contributed by atoms with Crippen LogP contribution in [0.5, 0.6) is 0 Å². The van der Waals surface area contributed by atoms with Crippen molar-refractivity contribution in [3.05, 3.63) is 12.2 Å². The predicted octanol–water partition coefficient (Wildman–Crippen LogP) is 0.209. The van der Waals surface area contributed by atoms with Crippen LogP contribution in [0.2, 0.25) is 0 Å². The standard InChI is InChI=1S/C13H14O6/c1-17-9(14)2-3-10(15)18-11-6-4-7-8(5-6)13(16)19-12(7)11/h2-3,6-8,11-12H,4-5H2,1H3/b3-2-. The van der Waals surface area contributed by atoms with Gasteiger partial charge in [0.2, 0.25) is 0 Å². The van der Waals surface area contributed by atoms with E-state index in [1.807, 2.05) is 0 Å². The molecule has 0 spiro atoms. The molecule has 3 aliphatic rings. The van der Waals surface area contributed by atoms with E-state index in [2.05, 4.69) is 4.74 Å². The van der Waals surface area contributed by atoms with Gasteiger partial charge in [0.1, 0.15) is 12.2 Å². The lowest BCUT2D eigenvalue weighted by Crippen LogP contribution is -2.35. The zero-order valence-corrected chi connectivity index (χ0v) is 10.4. The summed E-state index contributed by atoms with van der Waals surface area (Å²) in [7, 11) is 1.23. The average Bonchev–Trinajstić information content (AvgIpc) is 3.00. The van der Waals surface area contributed by atoms with Crippen molar-refractivity contribution < 1.29 is 28.6 Å². The monoisotopic (exact) mass is 266 g/mol. The van der Waals surface area contributed by atoms with E-state index in [0.29, 0.717) is 0 Å². The molecule has 0 aromatic carbocycles. The van der Waals surface area contributed by atoms with Crippen LogP contribution in [0.1, 0.15) is 12.8 Å². The zero-order valence-electron chi connectivity index (χ0n) is 10.4. The number of methoxy groups -OCH3 is 1. The van der Waals surface area contributed by atoms with Crippen LogP contribution in [-0.4, -0.2) is 37.2 Å². The summed E-state index contributed by atoms with van der Waals surface area (Å²) in [5.41, 5.74) is 0. The minimum Gasteiger partial charge on any atom is -0.466 e. The summed E-state index contributed by atoms with van der Waals surface area (Å²) >= 11 is 0. The van der Waals surface area contributed by atoms with Gasteiger partial charge in [0, 0.05) is 24.0 Å². The third-order valence-corrected chi connectivity index (χ3v) is 4.22. The quantitative estimate of drug-likeness (QED) is 0.413. The molecule has 19 heavy (non-hydrogen) atoms. The Balaban J connectivity index is 1.63. The van der Waals surface area contributed by atoms with E-state index in [1.165, 1.54) is 7.11 Å². The van der Waals surface area contributed by atoms with Gasteiger partial charge >= 0.3 is 17.9 Å². The molecule has 1 heterocycles. The first kappa shape index (κ1) is 12.2. The molecule has 0 radical (unpaired) electrons. The second-order valence-electron chi connectivity index (χ2n) is 5.16. The van der Waals surface area contributed by atoms with E-state index in [4.69, 9.17) is 9.47 Å². The van der Waals surface area contributed by atoms with E-state index in [-0.39, 0.29) is 35.9 Å². The lowest BCUT2D eigenvalue weighted by molar-refractivity contribution is -0.157. The van der Waals surface area contributed by atoms with Crippen LogP contribution < -0.4 is 0 Å². The molecule has 3 rings (SSSR count). The fourth-order valence-corrected chi connectivity index (χ4v) is 3.44. The molecule has 0 aromatic rings. The van der Waals surface area contributed by atoms with Crippen molar-refractivity contribution in [3.8, 4) is 0 Å². The van der Waals surface area contributed by atoms with Crippen molar-refractivity contribution in [3.63, 3.8) is 0 Å². The summed E-state index contributed by atoms with van der Waals surface area (Å²) in [6.45, 7) is 0. The summed E-state index contributed by atoms with van der Waals surface area (Å²) < 4.78 is 15.0. The summed E-state index contributed by atoms with van der Waals surface area (Å²) in [6, 6.07) is 0. The van der Waals surface area contributed by atoms with Crippen molar-refractivity contribution in [2.45, 2.75) is 25.0 Å². The lowest BCUT2D eigenvalue weighted by Gasteiger charge is -2.24. The third kappa shape index (κ3) is 1.91. The summed E-state index contributed by atoms with van der Waals surface area (Å²) in [5, 5.41) is 0.